The highest BCUT2D eigenvalue weighted by Gasteiger charge is 2.19. The van der Waals surface area contributed by atoms with E-state index in [9.17, 15) is 9.18 Å². The lowest BCUT2D eigenvalue weighted by molar-refractivity contribution is -0.116. The molecule has 1 fully saturated rings. The lowest BCUT2D eigenvalue weighted by atomic mass is 10.0. The largest absolute Gasteiger partial charge is 0.324 e. The van der Waals surface area contributed by atoms with E-state index in [0.29, 0.717) is 12.3 Å². The van der Waals surface area contributed by atoms with Crippen LogP contribution < -0.4 is 10.6 Å². The summed E-state index contributed by atoms with van der Waals surface area (Å²) in [6.07, 6.45) is 1.40. The number of amides is 1. The summed E-state index contributed by atoms with van der Waals surface area (Å²) in [6.45, 7) is 1.79. The highest BCUT2D eigenvalue weighted by Crippen LogP contribution is 2.31. The summed E-state index contributed by atoms with van der Waals surface area (Å²) >= 11 is 11.7. The van der Waals surface area contributed by atoms with Gasteiger partial charge in [0.25, 0.3) is 0 Å². The molecule has 98 valence electrons. The molecule has 2 rings (SSSR count). The monoisotopic (exact) mass is 290 g/mol. The fourth-order valence-corrected chi connectivity index (χ4v) is 2.56. The molecule has 6 heteroatoms. The maximum Gasteiger partial charge on any atom is 0.224 e. The molecule has 1 heterocycles. The molecule has 0 aliphatic carbocycles. The quantitative estimate of drug-likeness (QED) is 0.898. The van der Waals surface area contributed by atoms with Crippen molar-refractivity contribution in [3.8, 4) is 0 Å². The Kier molecular flexibility index (Phi) is 4.43. The van der Waals surface area contributed by atoms with Gasteiger partial charge in [0.2, 0.25) is 5.91 Å². The van der Waals surface area contributed by atoms with Crippen molar-refractivity contribution >= 4 is 34.8 Å². The van der Waals surface area contributed by atoms with Gasteiger partial charge in [-0.25, -0.2) is 4.39 Å². The summed E-state index contributed by atoms with van der Waals surface area (Å²) in [5.41, 5.74) is 0.274. The van der Waals surface area contributed by atoms with E-state index in [0.717, 1.165) is 31.6 Å². The van der Waals surface area contributed by atoms with Crippen LogP contribution in [0.3, 0.4) is 0 Å². The van der Waals surface area contributed by atoms with Gasteiger partial charge in [-0.3, -0.25) is 4.79 Å². The normalized spacial score (nSPS) is 18.9. The van der Waals surface area contributed by atoms with Gasteiger partial charge in [0.05, 0.1) is 15.7 Å². The van der Waals surface area contributed by atoms with Crippen LogP contribution in [0.1, 0.15) is 12.8 Å². The number of nitrogens with one attached hydrogen (secondary N) is 2. The molecule has 1 aromatic rings. The molecule has 3 nitrogen and oxygen atoms in total. The number of anilines is 1. The zero-order valence-corrected chi connectivity index (χ0v) is 11.1. The Labute approximate surface area is 115 Å². The van der Waals surface area contributed by atoms with E-state index < -0.39 is 5.82 Å². The minimum atomic E-state index is -0.525. The number of carbonyl (C=O) groups excluding carboxylic acids is 1. The van der Waals surface area contributed by atoms with Crippen molar-refractivity contribution in [1.29, 1.82) is 0 Å². The van der Waals surface area contributed by atoms with Crippen molar-refractivity contribution in [2.75, 3.05) is 18.4 Å². The number of hydrogen-bond donors (Lipinski definition) is 2. The average molecular weight is 291 g/mol. The Hall–Kier alpha value is -0.840. The molecule has 1 amide bonds. The number of benzene rings is 1. The first-order chi connectivity index (χ1) is 8.56. The molecule has 2 N–H and O–H groups in total. The third-order valence-corrected chi connectivity index (χ3v) is 3.50. The van der Waals surface area contributed by atoms with Crippen LogP contribution in [0.4, 0.5) is 10.1 Å². The lowest BCUT2D eigenvalue weighted by Crippen LogP contribution is -2.18. The van der Waals surface area contributed by atoms with E-state index in [1.807, 2.05) is 0 Å². The highest BCUT2D eigenvalue weighted by molar-refractivity contribution is 6.39. The summed E-state index contributed by atoms with van der Waals surface area (Å²) in [7, 11) is 0. The van der Waals surface area contributed by atoms with Crippen LogP contribution in [0.25, 0.3) is 0 Å². The Morgan fingerprint density at radius 1 is 1.44 bits per heavy atom. The molecule has 1 aliphatic heterocycles. The first-order valence-electron chi connectivity index (χ1n) is 5.71. The molecule has 1 unspecified atom stereocenters. The minimum Gasteiger partial charge on any atom is -0.324 e. The number of rotatable bonds is 3. The predicted octanol–water partition coefficient (Wildman–Crippen LogP) is 3.07. The van der Waals surface area contributed by atoms with Crippen molar-refractivity contribution in [2.24, 2.45) is 5.92 Å². The molecule has 1 saturated heterocycles. The Bertz CT molecular complexity index is 438. The van der Waals surface area contributed by atoms with Gasteiger partial charge < -0.3 is 10.6 Å². The molecule has 1 aliphatic rings. The maximum absolute atomic E-state index is 13.0. The van der Waals surface area contributed by atoms with Gasteiger partial charge in [0.1, 0.15) is 5.82 Å². The van der Waals surface area contributed by atoms with Crippen LogP contribution in [0.15, 0.2) is 12.1 Å². The van der Waals surface area contributed by atoms with Crippen molar-refractivity contribution in [2.45, 2.75) is 12.8 Å². The molecule has 1 atom stereocenters. The summed E-state index contributed by atoms with van der Waals surface area (Å²) in [6, 6.07) is 2.25. The van der Waals surface area contributed by atoms with Gasteiger partial charge in [-0.1, -0.05) is 23.2 Å². The van der Waals surface area contributed by atoms with Gasteiger partial charge >= 0.3 is 0 Å². The smallest absolute Gasteiger partial charge is 0.224 e. The second-order valence-electron chi connectivity index (χ2n) is 4.36. The van der Waals surface area contributed by atoms with E-state index in [1.165, 1.54) is 0 Å². The highest BCUT2D eigenvalue weighted by atomic mass is 35.5. The second kappa shape index (κ2) is 5.87. The number of carbonyl (C=O) groups is 1. The molecule has 0 radical (unpaired) electrons. The first kappa shape index (κ1) is 13.6. The minimum absolute atomic E-state index is 0.109. The fourth-order valence-electron chi connectivity index (χ4n) is 2.00. The van der Waals surface area contributed by atoms with Crippen molar-refractivity contribution in [3.63, 3.8) is 0 Å². The standard InChI is InChI=1S/C12H13Cl2FN2O/c13-9-4-8(15)5-10(14)12(9)17-11(18)3-7-1-2-16-6-7/h4-5,7,16H,1-3,6H2,(H,17,18). The van der Waals surface area contributed by atoms with E-state index in [4.69, 9.17) is 23.2 Å². The topological polar surface area (TPSA) is 41.1 Å². The molecule has 1 aromatic carbocycles. The van der Waals surface area contributed by atoms with Crippen LogP contribution in [0, 0.1) is 11.7 Å². The van der Waals surface area contributed by atoms with Crippen molar-refractivity contribution < 1.29 is 9.18 Å². The Balaban J connectivity index is 2.02. The maximum atomic E-state index is 13.0. The van der Waals surface area contributed by atoms with E-state index in [2.05, 4.69) is 10.6 Å². The van der Waals surface area contributed by atoms with Gasteiger partial charge in [-0.05, 0) is 37.6 Å². The van der Waals surface area contributed by atoms with Gasteiger partial charge in [0.15, 0.2) is 0 Å². The van der Waals surface area contributed by atoms with Gasteiger partial charge in [-0.2, -0.15) is 0 Å². The van der Waals surface area contributed by atoms with Crippen molar-refractivity contribution in [1.82, 2.24) is 5.32 Å². The second-order valence-corrected chi connectivity index (χ2v) is 5.17. The van der Waals surface area contributed by atoms with E-state index in [-0.39, 0.29) is 21.6 Å². The summed E-state index contributed by atoms with van der Waals surface area (Å²) in [5.74, 6) is -0.343. The lowest BCUT2D eigenvalue weighted by Gasteiger charge is -2.11. The van der Waals surface area contributed by atoms with Gasteiger partial charge in [-0.15, -0.1) is 0 Å². The molecule has 0 bridgehead atoms. The van der Waals surface area contributed by atoms with E-state index in [1.54, 1.807) is 0 Å². The summed E-state index contributed by atoms with van der Waals surface area (Å²) in [5, 5.41) is 6.04. The first-order valence-corrected chi connectivity index (χ1v) is 6.47. The SMILES string of the molecule is O=C(CC1CCNC1)Nc1c(Cl)cc(F)cc1Cl. The fraction of sp³-hybridized carbons (Fsp3) is 0.417. The van der Waals surface area contributed by atoms with Crippen LogP contribution in [0.5, 0.6) is 0 Å². The Morgan fingerprint density at radius 2 is 2.11 bits per heavy atom. The molecular weight excluding hydrogens is 278 g/mol. The summed E-state index contributed by atoms with van der Waals surface area (Å²) in [4.78, 5) is 11.8. The third kappa shape index (κ3) is 3.34. The molecule has 0 aromatic heterocycles. The van der Waals surface area contributed by atoms with E-state index >= 15 is 0 Å². The molecular formula is C12H13Cl2FN2O. The average Bonchev–Trinajstić information content (AvgIpc) is 2.76. The summed E-state index contributed by atoms with van der Waals surface area (Å²) < 4.78 is 13.0. The number of halogens is 3. The zero-order chi connectivity index (χ0) is 13.1. The molecule has 0 saturated carbocycles. The van der Waals surface area contributed by atoms with Gasteiger partial charge in [0, 0.05) is 6.42 Å². The predicted molar refractivity (Wildman–Crippen MR) is 70.6 cm³/mol. The Morgan fingerprint density at radius 3 is 2.67 bits per heavy atom. The van der Waals surface area contributed by atoms with Crippen molar-refractivity contribution in [3.05, 3.63) is 28.0 Å². The zero-order valence-electron chi connectivity index (χ0n) is 9.60. The van der Waals surface area contributed by atoms with Crippen LogP contribution in [0.2, 0.25) is 10.0 Å². The molecule has 18 heavy (non-hydrogen) atoms. The molecule has 0 spiro atoms. The van der Waals surface area contributed by atoms with Crippen LogP contribution in [-0.4, -0.2) is 19.0 Å². The number of hydrogen-bond acceptors (Lipinski definition) is 2. The third-order valence-electron chi connectivity index (χ3n) is 2.91. The van der Waals surface area contributed by atoms with Crippen LogP contribution in [-0.2, 0) is 4.79 Å². The van der Waals surface area contributed by atoms with Crippen LogP contribution >= 0.6 is 23.2 Å².